The average molecular weight is 787 g/mol. The van der Waals surface area contributed by atoms with Crippen LogP contribution in [0.2, 0.25) is 0 Å². The fraction of sp³-hybridized carbons (Fsp3) is 0.0508. The summed E-state index contributed by atoms with van der Waals surface area (Å²) < 4.78 is 0. The fourth-order valence-electron chi connectivity index (χ4n) is 8.06. The van der Waals surface area contributed by atoms with E-state index in [1.807, 2.05) is 48.7 Å². The van der Waals surface area contributed by atoms with Gasteiger partial charge in [0.15, 0.2) is 0 Å². The van der Waals surface area contributed by atoms with Crippen LogP contribution in [0.25, 0.3) is 50.6 Å². The Labute approximate surface area is 361 Å². The summed E-state index contributed by atoms with van der Waals surface area (Å²) in [6.07, 6.45) is 25.5. The number of fused-ring (bicyclic) bond motifs is 5. The third-order valence-corrected chi connectivity index (χ3v) is 11.3. The van der Waals surface area contributed by atoms with Gasteiger partial charge in [0.2, 0.25) is 0 Å². The normalized spacial score (nSPS) is 15.5. The molecule has 1 atom stereocenters. The predicted molar refractivity (Wildman–Crippen MR) is 265 cm³/mol. The molecule has 1 aliphatic heterocycles. The van der Waals surface area contributed by atoms with Crippen molar-refractivity contribution in [1.82, 2.24) is 0 Å². The van der Waals surface area contributed by atoms with E-state index < -0.39 is 0 Å². The number of nitrogens with one attached hydrogen (secondary N) is 2. The number of allylic oxidation sites excluding steroid dienone is 15. The first-order valence-corrected chi connectivity index (χ1v) is 20.8. The minimum Gasteiger partial charge on any atom is -0.362 e. The second-order valence-electron chi connectivity index (χ2n) is 15.4. The van der Waals surface area contributed by atoms with E-state index in [1.165, 1.54) is 55.8 Å². The Kier molecular flexibility index (Phi) is 12.4. The summed E-state index contributed by atoms with van der Waals surface area (Å²) >= 11 is 0. The van der Waals surface area contributed by atoms with Crippen molar-refractivity contribution in [3.8, 4) is 33.4 Å². The Morgan fingerprint density at radius 3 is 2.02 bits per heavy atom. The summed E-state index contributed by atoms with van der Waals surface area (Å²) in [5.41, 5.74) is 19.9. The second-order valence-corrected chi connectivity index (χ2v) is 15.4. The molecule has 1 aliphatic carbocycles. The molecular formula is C59H50N2. The molecule has 0 saturated carbocycles. The lowest BCUT2D eigenvalue weighted by Crippen LogP contribution is -2.10. The Morgan fingerprint density at radius 1 is 0.656 bits per heavy atom. The molecular weight excluding hydrogens is 737 g/mol. The van der Waals surface area contributed by atoms with E-state index in [4.69, 9.17) is 0 Å². The fourth-order valence-corrected chi connectivity index (χ4v) is 8.06. The molecule has 6 aromatic carbocycles. The first kappa shape index (κ1) is 40.1. The standard InChI is InChI=1S/C59H50N2/c1-5-7-10-23-55-57-41-54(38-52-29-28-50(39-56(52)57)45-21-13-9-14-22-45)61-59-35-32-51(40-58(55)59)48-26-24-47(25-27-48)49(17-6-2)37-43(4)42(3)18-15-16-36-60-53-33-30-46(31-34-53)44-19-11-8-12-20-44/h5-40,57,60-61H,1-3,41H2,4H3/b10-7-,18-15-,36-16-,43-37+,49-17+,55-23+. The van der Waals surface area contributed by atoms with Crippen LogP contribution in [0.3, 0.4) is 0 Å². The number of benzene rings is 6. The van der Waals surface area contributed by atoms with E-state index in [1.54, 1.807) is 0 Å². The van der Waals surface area contributed by atoms with Crippen molar-refractivity contribution in [2.75, 3.05) is 10.6 Å². The molecule has 61 heavy (non-hydrogen) atoms. The van der Waals surface area contributed by atoms with Crippen molar-refractivity contribution >= 4 is 28.6 Å². The highest BCUT2D eigenvalue weighted by molar-refractivity contribution is 5.90. The lowest BCUT2D eigenvalue weighted by molar-refractivity contribution is 0.844. The lowest BCUT2D eigenvalue weighted by atomic mass is 9.78. The van der Waals surface area contributed by atoms with Crippen LogP contribution in [0.1, 0.15) is 41.5 Å². The van der Waals surface area contributed by atoms with Gasteiger partial charge in [-0.1, -0.05) is 190 Å². The molecule has 296 valence electrons. The van der Waals surface area contributed by atoms with E-state index in [9.17, 15) is 0 Å². The molecule has 2 aliphatic rings. The zero-order valence-corrected chi connectivity index (χ0v) is 34.7. The minimum atomic E-state index is 0.196. The highest BCUT2D eigenvalue weighted by Crippen LogP contribution is 2.49. The van der Waals surface area contributed by atoms with Gasteiger partial charge in [-0.25, -0.2) is 0 Å². The Balaban J connectivity index is 0.989. The summed E-state index contributed by atoms with van der Waals surface area (Å²) in [7, 11) is 0. The molecule has 0 aromatic heterocycles. The van der Waals surface area contributed by atoms with Crippen molar-refractivity contribution in [3.05, 3.63) is 271 Å². The van der Waals surface area contributed by atoms with Crippen molar-refractivity contribution in [2.45, 2.75) is 19.3 Å². The molecule has 1 heterocycles. The summed E-state index contributed by atoms with van der Waals surface area (Å²) in [6.45, 7) is 14.4. The molecule has 0 amide bonds. The zero-order chi connectivity index (χ0) is 42.0. The topological polar surface area (TPSA) is 24.1 Å². The summed E-state index contributed by atoms with van der Waals surface area (Å²) in [5, 5.41) is 7.16. The van der Waals surface area contributed by atoms with Gasteiger partial charge in [-0.2, -0.15) is 0 Å². The lowest BCUT2D eigenvalue weighted by Gasteiger charge is -2.26. The van der Waals surface area contributed by atoms with Crippen molar-refractivity contribution in [3.63, 3.8) is 0 Å². The third-order valence-electron chi connectivity index (χ3n) is 11.3. The first-order chi connectivity index (χ1) is 30.0. The molecule has 8 rings (SSSR count). The smallest absolute Gasteiger partial charge is 0.0458 e. The quantitative estimate of drug-likeness (QED) is 0.114. The number of rotatable bonds is 13. The molecule has 2 nitrogen and oxygen atoms in total. The van der Waals surface area contributed by atoms with E-state index >= 15 is 0 Å². The molecule has 0 radical (unpaired) electrons. The van der Waals surface area contributed by atoms with Gasteiger partial charge >= 0.3 is 0 Å². The van der Waals surface area contributed by atoms with Crippen LogP contribution in [-0.4, -0.2) is 0 Å². The van der Waals surface area contributed by atoms with Gasteiger partial charge in [0.05, 0.1) is 0 Å². The molecule has 2 bridgehead atoms. The van der Waals surface area contributed by atoms with Gasteiger partial charge in [-0.15, -0.1) is 0 Å². The monoisotopic (exact) mass is 786 g/mol. The van der Waals surface area contributed by atoms with Crippen LogP contribution < -0.4 is 10.6 Å². The van der Waals surface area contributed by atoms with Crippen LogP contribution >= 0.6 is 0 Å². The summed E-state index contributed by atoms with van der Waals surface area (Å²) in [6, 6.07) is 52.0. The Bertz CT molecular complexity index is 2780. The summed E-state index contributed by atoms with van der Waals surface area (Å²) in [5.74, 6) is 0.196. The van der Waals surface area contributed by atoms with Crippen molar-refractivity contribution < 1.29 is 0 Å². The molecule has 2 N–H and O–H groups in total. The summed E-state index contributed by atoms with van der Waals surface area (Å²) in [4.78, 5) is 0. The van der Waals surface area contributed by atoms with Gasteiger partial charge in [0.25, 0.3) is 0 Å². The SMILES string of the molecule is C=C/C=C\C=C1\c2cc(-c3ccc(C(/C=C(\C)C(=C)/C=C\C=C/Nc4ccc(-c5ccccc5)cc4)=C/C=C)cc3)ccc2NC2=Cc3ccc(-c4ccccc4)cc3C1C2. The van der Waals surface area contributed by atoms with Crippen LogP contribution in [-0.2, 0) is 0 Å². The van der Waals surface area contributed by atoms with Gasteiger partial charge < -0.3 is 10.6 Å². The van der Waals surface area contributed by atoms with Crippen LogP contribution in [0, 0.1) is 0 Å². The molecule has 2 heteroatoms. The van der Waals surface area contributed by atoms with E-state index in [-0.39, 0.29) is 5.92 Å². The van der Waals surface area contributed by atoms with Crippen molar-refractivity contribution in [1.29, 1.82) is 0 Å². The maximum Gasteiger partial charge on any atom is 0.0458 e. The number of hydrogen-bond donors (Lipinski definition) is 2. The molecule has 6 aromatic rings. The Morgan fingerprint density at radius 2 is 1.30 bits per heavy atom. The first-order valence-electron chi connectivity index (χ1n) is 20.8. The third kappa shape index (κ3) is 9.46. The predicted octanol–water partition coefficient (Wildman–Crippen LogP) is 16.0. The number of anilines is 2. The molecule has 0 saturated heterocycles. The highest BCUT2D eigenvalue weighted by atomic mass is 14.9. The van der Waals surface area contributed by atoms with Crippen molar-refractivity contribution in [2.24, 2.45) is 0 Å². The van der Waals surface area contributed by atoms with Crippen LogP contribution in [0.5, 0.6) is 0 Å². The maximum atomic E-state index is 4.35. The van der Waals surface area contributed by atoms with Gasteiger partial charge in [-0.3, -0.25) is 0 Å². The molecule has 0 spiro atoms. The average Bonchev–Trinajstić information content (AvgIpc) is 3.42. The van der Waals surface area contributed by atoms with E-state index in [0.717, 1.165) is 45.6 Å². The number of hydrogen-bond acceptors (Lipinski definition) is 2. The maximum absolute atomic E-state index is 4.35. The second kappa shape index (κ2) is 18.9. The molecule has 1 unspecified atom stereocenters. The van der Waals surface area contributed by atoms with Gasteiger partial charge in [0, 0.05) is 34.8 Å². The Hall–Kier alpha value is -7.68. The van der Waals surface area contributed by atoms with E-state index in [0.29, 0.717) is 0 Å². The van der Waals surface area contributed by atoms with Crippen LogP contribution in [0.4, 0.5) is 11.4 Å². The van der Waals surface area contributed by atoms with Crippen LogP contribution in [0.15, 0.2) is 249 Å². The highest BCUT2D eigenvalue weighted by Gasteiger charge is 2.30. The largest absolute Gasteiger partial charge is 0.362 e. The molecule has 0 fully saturated rings. The van der Waals surface area contributed by atoms with Gasteiger partial charge in [0.1, 0.15) is 0 Å². The van der Waals surface area contributed by atoms with E-state index in [2.05, 4.69) is 207 Å². The minimum absolute atomic E-state index is 0.196. The zero-order valence-electron chi connectivity index (χ0n) is 34.7. The van der Waals surface area contributed by atoms with Gasteiger partial charge in [-0.05, 0) is 128 Å².